The Balaban J connectivity index is 1.69. The van der Waals surface area contributed by atoms with Crippen molar-refractivity contribution in [2.45, 2.75) is 25.2 Å². The van der Waals surface area contributed by atoms with E-state index in [4.69, 9.17) is 34.5 Å². The van der Waals surface area contributed by atoms with Crippen molar-refractivity contribution in [3.63, 3.8) is 0 Å². The third kappa shape index (κ3) is 3.95. The molecule has 1 aliphatic carbocycles. The summed E-state index contributed by atoms with van der Waals surface area (Å²) in [5.74, 6) is -0.147. The number of nitrogen functional groups attached to an aromatic ring is 1. The van der Waals surface area contributed by atoms with Crippen molar-refractivity contribution >= 4 is 52.8 Å². The highest BCUT2D eigenvalue weighted by Gasteiger charge is 2.42. The van der Waals surface area contributed by atoms with Crippen molar-refractivity contribution in [2.75, 3.05) is 10.6 Å². The quantitative estimate of drug-likeness (QED) is 0.288. The van der Waals surface area contributed by atoms with Gasteiger partial charge in [0.25, 0.3) is 5.91 Å². The Labute approximate surface area is 230 Å². The minimum Gasteiger partial charge on any atom is -0.384 e. The lowest BCUT2D eigenvalue weighted by molar-refractivity contribution is -0.116. The maximum Gasteiger partial charge on any atom is 0.265 e. The smallest absolute Gasteiger partial charge is 0.265 e. The monoisotopic (exact) mass is 538 g/mol. The fourth-order valence-corrected chi connectivity index (χ4v) is 5.81. The number of anilines is 3. The van der Waals surface area contributed by atoms with Crippen LogP contribution in [0, 0.1) is 4.77 Å². The van der Waals surface area contributed by atoms with Gasteiger partial charge < -0.3 is 5.73 Å². The first-order valence-electron chi connectivity index (χ1n) is 12.3. The van der Waals surface area contributed by atoms with Gasteiger partial charge in [0.2, 0.25) is 4.77 Å². The van der Waals surface area contributed by atoms with Gasteiger partial charge in [0.15, 0.2) is 5.78 Å². The van der Waals surface area contributed by atoms with Crippen molar-refractivity contribution in [3.8, 4) is 0 Å². The number of ketones is 1. The molecule has 0 saturated carbocycles. The van der Waals surface area contributed by atoms with Crippen molar-refractivity contribution in [3.05, 3.63) is 123 Å². The summed E-state index contributed by atoms with van der Waals surface area (Å²) in [4.78, 5) is 34.0. The van der Waals surface area contributed by atoms with Crippen LogP contribution in [0.5, 0.6) is 0 Å². The molecule has 38 heavy (non-hydrogen) atoms. The summed E-state index contributed by atoms with van der Waals surface area (Å²) in [6.45, 7) is 0. The van der Waals surface area contributed by atoms with Gasteiger partial charge in [0.05, 0.1) is 0 Å². The molecule has 0 radical (unpaired) electrons. The van der Waals surface area contributed by atoms with Crippen molar-refractivity contribution in [1.29, 1.82) is 0 Å². The van der Waals surface area contributed by atoms with Crippen LogP contribution in [0.25, 0.3) is 0 Å². The molecule has 2 aliphatic rings. The molecular formula is C30H23ClN4O2S. The van der Waals surface area contributed by atoms with Crippen LogP contribution in [0.3, 0.4) is 0 Å². The molecule has 1 aromatic heterocycles. The maximum atomic E-state index is 13.6. The number of halogens is 1. The van der Waals surface area contributed by atoms with Gasteiger partial charge in [-0.3, -0.25) is 14.5 Å². The maximum absolute atomic E-state index is 13.6. The molecule has 2 N–H and O–H groups in total. The number of fused-ring (bicyclic) bond motifs is 1. The largest absolute Gasteiger partial charge is 0.384 e. The van der Waals surface area contributed by atoms with E-state index in [9.17, 15) is 9.59 Å². The highest BCUT2D eigenvalue weighted by molar-refractivity contribution is 7.71. The van der Waals surface area contributed by atoms with Gasteiger partial charge >= 0.3 is 0 Å². The van der Waals surface area contributed by atoms with Gasteiger partial charge in [-0.1, -0.05) is 60.1 Å². The number of carbonyl (C=O) groups excluding carboxylic acids is 2. The number of hydrogen-bond acceptors (Lipinski definition) is 6. The molecule has 1 atom stereocenters. The molecule has 188 valence electrons. The van der Waals surface area contributed by atoms with Gasteiger partial charge in [-0.2, -0.15) is 0 Å². The second-order valence-electron chi connectivity index (χ2n) is 9.32. The molecule has 0 spiro atoms. The summed E-state index contributed by atoms with van der Waals surface area (Å²) < 4.78 is 1.33. The molecule has 4 aromatic rings. The first kappa shape index (κ1) is 24.3. The predicted octanol–water partition coefficient (Wildman–Crippen LogP) is 6.83. The molecule has 2 heterocycles. The number of nitrogens with zero attached hydrogens (tertiary/aromatic N) is 3. The van der Waals surface area contributed by atoms with Crippen molar-refractivity contribution in [2.24, 2.45) is 0 Å². The van der Waals surface area contributed by atoms with E-state index < -0.39 is 5.92 Å². The standard InChI is InChI=1S/C30H23ClN4O2S/c31-20-16-14-18(15-17-20)24-25-22(12-7-13-23(25)36)34(21-10-5-2-6-11-21)28-26(24)27(32)35(30(38)33-28)29(37)19-8-3-1-4-9-19/h1-6,8-11,14-17,24H,7,12-13,32H2. The molecule has 6 rings (SSSR count). The molecule has 6 nitrogen and oxygen atoms in total. The summed E-state index contributed by atoms with van der Waals surface area (Å²) in [7, 11) is 0. The highest BCUT2D eigenvalue weighted by Crippen LogP contribution is 2.51. The van der Waals surface area contributed by atoms with Gasteiger partial charge in [-0.15, -0.1) is 0 Å². The van der Waals surface area contributed by atoms with Crippen LogP contribution in [-0.2, 0) is 4.79 Å². The average Bonchev–Trinajstić information content (AvgIpc) is 2.93. The Morgan fingerprint density at radius 3 is 2.29 bits per heavy atom. The second kappa shape index (κ2) is 9.67. The molecule has 1 aliphatic heterocycles. The number of Topliss-reactive ketones (excluding diaryl/α,β-unsaturated/α-hetero) is 1. The second-order valence-corrected chi connectivity index (χ2v) is 10.1. The zero-order valence-electron chi connectivity index (χ0n) is 20.3. The number of para-hydroxylation sites is 1. The molecule has 3 aromatic carbocycles. The van der Waals surface area contributed by atoms with Crippen LogP contribution < -0.4 is 10.6 Å². The van der Waals surface area contributed by atoms with E-state index >= 15 is 0 Å². The lowest BCUT2D eigenvalue weighted by atomic mass is 9.75. The van der Waals surface area contributed by atoms with Crippen molar-refractivity contribution < 1.29 is 9.59 Å². The number of rotatable bonds is 3. The average molecular weight is 539 g/mol. The molecule has 0 saturated heterocycles. The van der Waals surface area contributed by atoms with Crippen LogP contribution in [0.2, 0.25) is 5.02 Å². The number of carbonyl (C=O) groups is 2. The van der Waals surface area contributed by atoms with Gasteiger partial charge in [-0.05, 0) is 67.0 Å². The fourth-order valence-electron chi connectivity index (χ4n) is 5.41. The molecule has 0 bridgehead atoms. The molecule has 8 heteroatoms. The van der Waals surface area contributed by atoms with E-state index in [0.29, 0.717) is 40.4 Å². The molecular weight excluding hydrogens is 516 g/mol. The SMILES string of the molecule is Nc1c2c(nc(=S)n1C(=O)c1ccccc1)N(c1ccccc1)C1=C(C(=O)CCC1)C2c1ccc(Cl)cc1. The van der Waals surface area contributed by atoms with Crippen LogP contribution >= 0.6 is 23.8 Å². The summed E-state index contributed by atoms with van der Waals surface area (Å²) in [6, 6.07) is 25.9. The molecule has 1 unspecified atom stereocenters. The van der Waals surface area contributed by atoms with Crippen LogP contribution in [0.1, 0.15) is 46.7 Å². The van der Waals surface area contributed by atoms with Crippen LogP contribution in [-0.4, -0.2) is 21.2 Å². The van der Waals surface area contributed by atoms with E-state index in [1.54, 1.807) is 36.4 Å². The number of benzene rings is 3. The number of nitrogens with two attached hydrogens (primary N) is 1. The summed E-state index contributed by atoms with van der Waals surface area (Å²) in [5, 5.41) is 0.584. The van der Waals surface area contributed by atoms with Gasteiger partial charge in [0, 0.05) is 45.4 Å². The molecule has 0 fully saturated rings. The van der Waals surface area contributed by atoms with Crippen LogP contribution in [0.4, 0.5) is 17.3 Å². The van der Waals surface area contributed by atoms with Crippen LogP contribution in [0.15, 0.2) is 96.2 Å². The number of hydrogen-bond donors (Lipinski definition) is 1. The topological polar surface area (TPSA) is 81.2 Å². The number of aromatic nitrogens is 2. The third-order valence-electron chi connectivity index (χ3n) is 7.08. The Morgan fingerprint density at radius 1 is 0.947 bits per heavy atom. The normalized spacial score (nSPS) is 16.7. The zero-order chi connectivity index (χ0) is 26.4. The Kier molecular flexibility index (Phi) is 6.18. The zero-order valence-corrected chi connectivity index (χ0v) is 21.9. The van der Waals surface area contributed by atoms with E-state index in [1.807, 2.05) is 53.4 Å². The van der Waals surface area contributed by atoms with E-state index in [1.165, 1.54) is 4.57 Å². The predicted molar refractivity (Wildman–Crippen MR) is 151 cm³/mol. The minimum atomic E-state index is -0.525. The first-order chi connectivity index (χ1) is 18.5. The fraction of sp³-hybridized carbons (Fsp3) is 0.133. The lowest BCUT2D eigenvalue weighted by Gasteiger charge is -2.41. The van der Waals surface area contributed by atoms with E-state index in [2.05, 4.69) is 0 Å². The Hall–Kier alpha value is -4.07. The van der Waals surface area contributed by atoms with E-state index in [0.717, 1.165) is 23.4 Å². The highest BCUT2D eigenvalue weighted by atomic mass is 35.5. The summed E-state index contributed by atoms with van der Waals surface area (Å²) in [6.07, 6.45) is 1.88. The van der Waals surface area contributed by atoms with E-state index in [-0.39, 0.29) is 22.3 Å². The summed E-state index contributed by atoms with van der Waals surface area (Å²) in [5.41, 5.74) is 11.1. The Bertz CT molecular complexity index is 1660. The van der Waals surface area contributed by atoms with Gasteiger partial charge in [-0.25, -0.2) is 9.55 Å². The Morgan fingerprint density at radius 2 is 1.61 bits per heavy atom. The molecule has 0 amide bonds. The lowest BCUT2D eigenvalue weighted by Crippen LogP contribution is -2.35. The number of allylic oxidation sites excluding steroid dienone is 2. The third-order valence-corrected chi connectivity index (χ3v) is 7.61. The summed E-state index contributed by atoms with van der Waals surface area (Å²) >= 11 is 11.9. The van der Waals surface area contributed by atoms with Gasteiger partial charge in [0.1, 0.15) is 11.6 Å². The van der Waals surface area contributed by atoms with Crippen molar-refractivity contribution in [1.82, 2.24) is 9.55 Å². The minimum absolute atomic E-state index is 0.0528. The first-order valence-corrected chi connectivity index (χ1v) is 13.1.